The zero-order valence-corrected chi connectivity index (χ0v) is 15.4. The van der Waals surface area contributed by atoms with Crippen LogP contribution in [0.4, 0.5) is 0 Å². The number of methoxy groups -OCH3 is 1. The summed E-state index contributed by atoms with van der Waals surface area (Å²) in [5, 5.41) is 0. The van der Waals surface area contributed by atoms with E-state index in [0.717, 1.165) is 12.2 Å². The highest BCUT2D eigenvalue weighted by Gasteiger charge is 2.12. The topological polar surface area (TPSA) is 35.5 Å². The Morgan fingerprint density at radius 1 is 1.23 bits per heavy atom. The second-order valence-corrected chi connectivity index (χ2v) is 6.64. The first kappa shape index (κ1) is 20.5. The lowest BCUT2D eigenvalue weighted by molar-refractivity contribution is -0.151. The molecular weight excluding hydrogens is 276 g/mol. The van der Waals surface area contributed by atoms with Crippen molar-refractivity contribution in [3.8, 4) is 5.75 Å². The van der Waals surface area contributed by atoms with Crippen LogP contribution >= 0.6 is 0 Å². The van der Waals surface area contributed by atoms with E-state index in [4.69, 9.17) is 9.47 Å². The molecule has 0 fully saturated rings. The van der Waals surface area contributed by atoms with Gasteiger partial charge in [0.2, 0.25) is 0 Å². The Bertz CT molecular complexity index is 456. The lowest BCUT2D eigenvalue weighted by atomic mass is 9.94. The molecule has 3 nitrogen and oxygen atoms in total. The lowest BCUT2D eigenvalue weighted by Crippen LogP contribution is -2.21. The normalized spacial score (nSPS) is 10.8. The predicted molar refractivity (Wildman–Crippen MR) is 92.6 cm³/mol. The zero-order valence-electron chi connectivity index (χ0n) is 15.4. The molecule has 0 saturated heterocycles. The quantitative estimate of drug-likeness (QED) is 0.724. The van der Waals surface area contributed by atoms with Crippen molar-refractivity contribution in [2.45, 2.75) is 72.8 Å². The molecule has 0 saturated carbocycles. The molecule has 0 unspecified atom stereocenters. The number of ether oxygens (including phenoxy) is 2. The van der Waals surface area contributed by atoms with Crippen molar-refractivity contribution in [3.05, 3.63) is 29.3 Å². The van der Waals surface area contributed by atoms with Crippen LogP contribution in [0.3, 0.4) is 0 Å². The van der Waals surface area contributed by atoms with Gasteiger partial charge in [0.25, 0.3) is 0 Å². The molecule has 1 aromatic rings. The van der Waals surface area contributed by atoms with Crippen molar-refractivity contribution < 1.29 is 14.3 Å². The first-order valence-corrected chi connectivity index (χ1v) is 7.97. The summed E-state index contributed by atoms with van der Waals surface area (Å²) in [5.41, 5.74) is 2.48. The van der Waals surface area contributed by atoms with Crippen LogP contribution in [-0.2, 0) is 16.0 Å². The molecule has 0 bridgehead atoms. The van der Waals surface area contributed by atoms with Gasteiger partial charge in [-0.1, -0.05) is 39.3 Å². The second kappa shape index (κ2) is 9.50. The van der Waals surface area contributed by atoms with E-state index in [2.05, 4.69) is 39.0 Å². The van der Waals surface area contributed by atoms with E-state index in [1.807, 2.05) is 20.8 Å². The molecule has 0 aliphatic rings. The SMILES string of the molecule is CC(=O)OC(C)(C)C.CCCc1c(OC)cccc1C(C)C. The van der Waals surface area contributed by atoms with E-state index in [-0.39, 0.29) is 11.6 Å². The minimum absolute atomic E-state index is 0.225. The number of rotatable bonds is 4. The van der Waals surface area contributed by atoms with Gasteiger partial charge in [0, 0.05) is 6.92 Å². The highest BCUT2D eigenvalue weighted by atomic mass is 16.6. The molecule has 0 radical (unpaired) electrons. The van der Waals surface area contributed by atoms with Crippen molar-refractivity contribution in [3.63, 3.8) is 0 Å². The Kier molecular flexibility index (Phi) is 8.84. The van der Waals surface area contributed by atoms with Gasteiger partial charge in [0.05, 0.1) is 7.11 Å². The van der Waals surface area contributed by atoms with Crippen LogP contribution < -0.4 is 4.74 Å². The molecule has 0 N–H and O–H groups in total. The predicted octanol–water partition coefficient (Wildman–Crippen LogP) is 5.12. The maximum atomic E-state index is 10.2. The third-order valence-electron chi connectivity index (χ3n) is 2.96. The molecule has 0 heterocycles. The van der Waals surface area contributed by atoms with Crippen LogP contribution in [0.25, 0.3) is 0 Å². The molecule has 0 aromatic heterocycles. The fraction of sp³-hybridized carbons (Fsp3) is 0.632. The number of hydrogen-bond donors (Lipinski definition) is 0. The van der Waals surface area contributed by atoms with Gasteiger partial charge in [0.1, 0.15) is 11.4 Å². The number of hydrogen-bond acceptors (Lipinski definition) is 3. The summed E-state index contributed by atoms with van der Waals surface area (Å²) in [5.74, 6) is 1.39. The molecule has 1 aromatic carbocycles. The van der Waals surface area contributed by atoms with Gasteiger partial charge in [0.15, 0.2) is 0 Å². The molecular formula is C19H32O3. The molecule has 22 heavy (non-hydrogen) atoms. The highest BCUT2D eigenvalue weighted by molar-refractivity contribution is 5.66. The number of carbonyl (C=O) groups is 1. The van der Waals surface area contributed by atoms with Gasteiger partial charge in [-0.15, -0.1) is 0 Å². The summed E-state index contributed by atoms with van der Waals surface area (Å²) in [7, 11) is 1.75. The molecule has 3 heteroatoms. The van der Waals surface area contributed by atoms with Crippen molar-refractivity contribution >= 4 is 5.97 Å². The summed E-state index contributed by atoms with van der Waals surface area (Å²) < 4.78 is 10.2. The van der Waals surface area contributed by atoms with E-state index in [1.165, 1.54) is 24.5 Å². The molecule has 0 aliphatic carbocycles. The Morgan fingerprint density at radius 3 is 2.14 bits per heavy atom. The van der Waals surface area contributed by atoms with Crippen LogP contribution in [0, 0.1) is 0 Å². The van der Waals surface area contributed by atoms with Crippen molar-refractivity contribution in [1.29, 1.82) is 0 Å². The zero-order chi connectivity index (χ0) is 17.3. The molecule has 0 aliphatic heterocycles. The fourth-order valence-corrected chi connectivity index (χ4v) is 2.26. The average molecular weight is 308 g/mol. The maximum Gasteiger partial charge on any atom is 0.303 e. The Labute approximate surface area is 136 Å². The minimum atomic E-state index is -0.328. The van der Waals surface area contributed by atoms with Gasteiger partial charge in [-0.05, 0) is 50.3 Å². The monoisotopic (exact) mass is 308 g/mol. The minimum Gasteiger partial charge on any atom is -0.496 e. The fourth-order valence-electron chi connectivity index (χ4n) is 2.26. The van der Waals surface area contributed by atoms with Crippen LogP contribution in [-0.4, -0.2) is 18.7 Å². The lowest BCUT2D eigenvalue weighted by Gasteiger charge is -2.17. The molecule has 1 rings (SSSR count). The summed E-state index contributed by atoms with van der Waals surface area (Å²) in [4.78, 5) is 10.2. The van der Waals surface area contributed by atoms with Gasteiger partial charge >= 0.3 is 5.97 Å². The number of esters is 1. The van der Waals surface area contributed by atoms with Crippen LogP contribution in [0.1, 0.15) is 71.9 Å². The van der Waals surface area contributed by atoms with Gasteiger partial charge in [-0.2, -0.15) is 0 Å². The van der Waals surface area contributed by atoms with Gasteiger partial charge in [-0.25, -0.2) is 0 Å². The van der Waals surface area contributed by atoms with E-state index in [1.54, 1.807) is 7.11 Å². The molecule has 0 atom stereocenters. The van der Waals surface area contributed by atoms with Crippen LogP contribution in [0.15, 0.2) is 18.2 Å². The summed E-state index contributed by atoms with van der Waals surface area (Å²) in [6, 6.07) is 6.34. The molecule has 126 valence electrons. The standard InChI is InChI=1S/C13H20O.C6H12O2/c1-5-7-12-11(10(2)3)8-6-9-13(12)14-4;1-5(7)8-6(2,3)4/h6,8-10H,5,7H2,1-4H3;1-4H3. The first-order chi connectivity index (χ1) is 10.1. The summed E-state index contributed by atoms with van der Waals surface area (Å²) >= 11 is 0. The van der Waals surface area contributed by atoms with E-state index in [9.17, 15) is 4.79 Å². The third kappa shape index (κ3) is 8.06. The van der Waals surface area contributed by atoms with E-state index < -0.39 is 0 Å². The van der Waals surface area contributed by atoms with Crippen molar-refractivity contribution in [2.75, 3.05) is 7.11 Å². The summed E-state index contributed by atoms with van der Waals surface area (Å²) in [6.07, 6.45) is 2.28. The Balaban J connectivity index is 0.000000472. The number of carbonyl (C=O) groups excluding carboxylic acids is 1. The van der Waals surface area contributed by atoms with Crippen molar-refractivity contribution in [2.24, 2.45) is 0 Å². The van der Waals surface area contributed by atoms with Crippen LogP contribution in [0.5, 0.6) is 5.75 Å². The average Bonchev–Trinajstić information content (AvgIpc) is 2.36. The molecule has 0 spiro atoms. The molecule has 0 amide bonds. The largest absolute Gasteiger partial charge is 0.496 e. The maximum absolute atomic E-state index is 10.2. The van der Waals surface area contributed by atoms with E-state index >= 15 is 0 Å². The van der Waals surface area contributed by atoms with Crippen LogP contribution in [0.2, 0.25) is 0 Å². The smallest absolute Gasteiger partial charge is 0.303 e. The first-order valence-electron chi connectivity index (χ1n) is 7.97. The third-order valence-corrected chi connectivity index (χ3v) is 2.96. The number of benzene rings is 1. The van der Waals surface area contributed by atoms with E-state index in [0.29, 0.717) is 5.92 Å². The Morgan fingerprint density at radius 2 is 1.82 bits per heavy atom. The summed E-state index contributed by atoms with van der Waals surface area (Å²) in [6.45, 7) is 13.6. The second-order valence-electron chi connectivity index (χ2n) is 6.64. The Hall–Kier alpha value is -1.51. The van der Waals surface area contributed by atoms with Gasteiger partial charge < -0.3 is 9.47 Å². The van der Waals surface area contributed by atoms with Crippen molar-refractivity contribution in [1.82, 2.24) is 0 Å². The highest BCUT2D eigenvalue weighted by Crippen LogP contribution is 2.28. The van der Waals surface area contributed by atoms with Gasteiger partial charge in [-0.3, -0.25) is 4.79 Å².